The standard InChI is InChI=1S/C21H16BrN7O3/c1-12-16(11-24-29(12)18-7-8-19(30)28-27-18)21(32)25-15-4-2-3-13(9-15)20(31)26-17-6-5-14(22)10-23-17/h2-11H,1H3,(H,25,32)(H,28,30)(H,23,26,31). The molecule has 4 aromatic rings. The van der Waals surface area contributed by atoms with Crippen LogP contribution >= 0.6 is 15.9 Å². The minimum atomic E-state index is -0.398. The third-order valence-electron chi connectivity index (χ3n) is 4.49. The SMILES string of the molecule is Cc1c(C(=O)Nc2cccc(C(=O)Nc3ccc(Br)cn3)c2)cnn1-c1ccc(=O)[nH]n1. The second kappa shape index (κ2) is 8.94. The number of rotatable bonds is 5. The van der Waals surface area contributed by atoms with Crippen molar-refractivity contribution in [3.63, 3.8) is 0 Å². The molecule has 32 heavy (non-hydrogen) atoms. The first-order chi connectivity index (χ1) is 15.4. The van der Waals surface area contributed by atoms with Crippen LogP contribution in [0.3, 0.4) is 0 Å². The van der Waals surface area contributed by atoms with Gasteiger partial charge in [-0.2, -0.15) is 10.2 Å². The number of anilines is 2. The smallest absolute Gasteiger partial charge is 0.264 e. The van der Waals surface area contributed by atoms with Crippen LogP contribution in [0.15, 0.2) is 70.2 Å². The zero-order valence-electron chi connectivity index (χ0n) is 16.7. The average Bonchev–Trinajstić information content (AvgIpc) is 3.17. The Bertz CT molecular complexity index is 1340. The summed E-state index contributed by atoms with van der Waals surface area (Å²) in [5.74, 6) is 0.0299. The van der Waals surface area contributed by atoms with E-state index in [9.17, 15) is 14.4 Å². The van der Waals surface area contributed by atoms with Crippen molar-refractivity contribution < 1.29 is 9.59 Å². The number of amides is 2. The Kier molecular flexibility index (Phi) is 5.90. The average molecular weight is 494 g/mol. The molecule has 0 saturated carbocycles. The summed E-state index contributed by atoms with van der Waals surface area (Å²) >= 11 is 3.29. The van der Waals surface area contributed by atoms with Gasteiger partial charge in [0.2, 0.25) is 0 Å². The number of nitrogens with one attached hydrogen (secondary N) is 3. The van der Waals surface area contributed by atoms with Crippen LogP contribution in [0.1, 0.15) is 26.4 Å². The Morgan fingerprint density at radius 3 is 2.59 bits per heavy atom. The molecule has 0 aliphatic carbocycles. The lowest BCUT2D eigenvalue weighted by Gasteiger charge is -2.08. The molecular weight excluding hydrogens is 478 g/mol. The Morgan fingerprint density at radius 2 is 1.88 bits per heavy atom. The van der Waals surface area contributed by atoms with Crippen molar-refractivity contribution in [2.45, 2.75) is 6.92 Å². The predicted octanol–water partition coefficient (Wildman–Crippen LogP) is 2.93. The lowest BCUT2D eigenvalue weighted by Crippen LogP contribution is -2.16. The van der Waals surface area contributed by atoms with E-state index in [4.69, 9.17) is 0 Å². The van der Waals surface area contributed by atoms with Gasteiger partial charge in [0.15, 0.2) is 5.82 Å². The van der Waals surface area contributed by atoms with E-state index in [1.165, 1.54) is 23.0 Å². The second-order valence-electron chi connectivity index (χ2n) is 6.69. The third-order valence-corrected chi connectivity index (χ3v) is 4.96. The summed E-state index contributed by atoms with van der Waals surface area (Å²) in [6.45, 7) is 1.71. The summed E-state index contributed by atoms with van der Waals surface area (Å²) in [7, 11) is 0. The van der Waals surface area contributed by atoms with Gasteiger partial charge in [0.25, 0.3) is 17.4 Å². The number of halogens is 1. The number of benzene rings is 1. The Hall–Kier alpha value is -4.12. The molecule has 1 aromatic carbocycles. The van der Waals surface area contributed by atoms with Crippen molar-refractivity contribution >= 4 is 39.2 Å². The molecule has 0 bridgehead atoms. The fraction of sp³-hybridized carbons (Fsp3) is 0.0476. The van der Waals surface area contributed by atoms with Crippen LogP contribution in [-0.2, 0) is 0 Å². The van der Waals surface area contributed by atoms with Crippen molar-refractivity contribution in [3.05, 3.63) is 92.6 Å². The Balaban J connectivity index is 1.49. The predicted molar refractivity (Wildman–Crippen MR) is 121 cm³/mol. The molecule has 11 heteroatoms. The molecule has 0 unspecified atom stereocenters. The van der Waals surface area contributed by atoms with E-state index in [0.29, 0.717) is 34.1 Å². The van der Waals surface area contributed by atoms with Crippen LogP contribution < -0.4 is 16.2 Å². The minimum Gasteiger partial charge on any atom is -0.322 e. The number of nitrogens with zero attached hydrogens (tertiary/aromatic N) is 4. The molecule has 3 N–H and O–H groups in total. The first-order valence-electron chi connectivity index (χ1n) is 9.36. The van der Waals surface area contributed by atoms with E-state index in [1.807, 2.05) is 0 Å². The topological polar surface area (TPSA) is 135 Å². The number of hydrogen-bond donors (Lipinski definition) is 3. The van der Waals surface area contributed by atoms with E-state index in [2.05, 4.69) is 46.8 Å². The van der Waals surface area contributed by atoms with Gasteiger partial charge in [0, 0.05) is 28.0 Å². The van der Waals surface area contributed by atoms with Crippen molar-refractivity contribution in [2.24, 2.45) is 0 Å². The highest BCUT2D eigenvalue weighted by Gasteiger charge is 2.17. The van der Waals surface area contributed by atoms with Gasteiger partial charge in [-0.15, -0.1) is 0 Å². The van der Waals surface area contributed by atoms with E-state index >= 15 is 0 Å². The van der Waals surface area contributed by atoms with Gasteiger partial charge in [-0.05, 0) is 59.3 Å². The van der Waals surface area contributed by atoms with E-state index in [0.717, 1.165) is 4.47 Å². The molecule has 0 aliphatic heterocycles. The molecule has 0 saturated heterocycles. The number of aromatic nitrogens is 5. The quantitative estimate of drug-likeness (QED) is 0.391. The molecule has 2 amide bonds. The highest BCUT2D eigenvalue weighted by atomic mass is 79.9. The molecule has 0 aliphatic rings. The molecular formula is C21H16BrN7O3. The van der Waals surface area contributed by atoms with Gasteiger partial charge >= 0.3 is 0 Å². The molecule has 3 heterocycles. The van der Waals surface area contributed by atoms with Crippen LogP contribution in [0.2, 0.25) is 0 Å². The number of carbonyl (C=O) groups excluding carboxylic acids is 2. The molecule has 3 aromatic heterocycles. The number of aromatic amines is 1. The van der Waals surface area contributed by atoms with Gasteiger partial charge in [-0.25, -0.2) is 14.8 Å². The molecule has 160 valence electrons. The number of carbonyl (C=O) groups is 2. The lowest BCUT2D eigenvalue weighted by atomic mass is 10.1. The molecule has 10 nitrogen and oxygen atoms in total. The normalized spacial score (nSPS) is 10.6. The molecule has 0 radical (unpaired) electrons. The van der Waals surface area contributed by atoms with Gasteiger partial charge in [-0.1, -0.05) is 6.07 Å². The highest BCUT2D eigenvalue weighted by Crippen LogP contribution is 2.17. The molecule has 0 atom stereocenters. The van der Waals surface area contributed by atoms with Crippen LogP contribution in [-0.4, -0.2) is 36.8 Å². The third kappa shape index (κ3) is 4.62. The number of H-pyrrole nitrogens is 1. The lowest BCUT2D eigenvalue weighted by molar-refractivity contribution is 0.101. The second-order valence-corrected chi connectivity index (χ2v) is 7.60. The van der Waals surface area contributed by atoms with Crippen LogP contribution in [0.5, 0.6) is 0 Å². The molecule has 0 fully saturated rings. The largest absolute Gasteiger partial charge is 0.322 e. The first-order valence-corrected chi connectivity index (χ1v) is 10.1. The maximum atomic E-state index is 12.8. The van der Waals surface area contributed by atoms with Crippen molar-refractivity contribution in [1.82, 2.24) is 25.0 Å². The van der Waals surface area contributed by atoms with E-state index in [-0.39, 0.29) is 11.5 Å². The van der Waals surface area contributed by atoms with Crippen LogP contribution in [0.25, 0.3) is 5.82 Å². The zero-order valence-corrected chi connectivity index (χ0v) is 18.3. The van der Waals surface area contributed by atoms with Crippen LogP contribution in [0.4, 0.5) is 11.5 Å². The van der Waals surface area contributed by atoms with E-state index in [1.54, 1.807) is 49.5 Å². The van der Waals surface area contributed by atoms with Gasteiger partial charge in [0.05, 0.1) is 17.5 Å². The number of pyridine rings is 1. The summed E-state index contributed by atoms with van der Waals surface area (Å²) in [6, 6.07) is 12.8. The molecule has 0 spiro atoms. The first kappa shape index (κ1) is 21.1. The van der Waals surface area contributed by atoms with Crippen molar-refractivity contribution in [2.75, 3.05) is 10.6 Å². The van der Waals surface area contributed by atoms with E-state index < -0.39 is 5.91 Å². The maximum absolute atomic E-state index is 12.8. The van der Waals surface area contributed by atoms with Gasteiger partial charge in [-0.3, -0.25) is 14.4 Å². The fourth-order valence-electron chi connectivity index (χ4n) is 2.89. The van der Waals surface area contributed by atoms with Gasteiger partial charge < -0.3 is 10.6 Å². The maximum Gasteiger partial charge on any atom is 0.264 e. The summed E-state index contributed by atoms with van der Waals surface area (Å²) < 4.78 is 2.25. The Morgan fingerprint density at radius 1 is 1.03 bits per heavy atom. The Labute approximate surface area is 189 Å². The van der Waals surface area contributed by atoms with Crippen molar-refractivity contribution in [3.8, 4) is 5.82 Å². The summed E-state index contributed by atoms with van der Waals surface area (Å²) in [5, 5.41) is 15.9. The van der Waals surface area contributed by atoms with Crippen molar-refractivity contribution in [1.29, 1.82) is 0 Å². The summed E-state index contributed by atoms with van der Waals surface area (Å²) in [5.41, 5.74) is 1.33. The minimum absolute atomic E-state index is 0.326. The summed E-state index contributed by atoms with van der Waals surface area (Å²) in [4.78, 5) is 40.6. The van der Waals surface area contributed by atoms with Gasteiger partial charge in [0.1, 0.15) is 5.82 Å². The highest BCUT2D eigenvalue weighted by molar-refractivity contribution is 9.10. The molecule has 4 rings (SSSR count). The van der Waals surface area contributed by atoms with Crippen LogP contribution in [0, 0.1) is 6.92 Å². The zero-order chi connectivity index (χ0) is 22.7. The summed E-state index contributed by atoms with van der Waals surface area (Å²) in [6.07, 6.45) is 2.99. The fourth-order valence-corrected chi connectivity index (χ4v) is 3.13. The monoisotopic (exact) mass is 493 g/mol. The number of hydrogen-bond acceptors (Lipinski definition) is 6.